The van der Waals surface area contributed by atoms with Crippen LogP contribution in [-0.4, -0.2) is 35.6 Å². The Morgan fingerprint density at radius 1 is 1.15 bits per heavy atom. The van der Waals surface area contributed by atoms with Crippen molar-refractivity contribution in [2.45, 2.75) is 82.9 Å². The number of carbonyl (C=O) groups is 1. The summed E-state index contributed by atoms with van der Waals surface area (Å²) in [5.74, 6) is -0.170. The molecular formula is C27H37FO4S. The van der Waals surface area contributed by atoms with Crippen LogP contribution in [-0.2, 0) is 11.2 Å². The lowest BCUT2D eigenvalue weighted by molar-refractivity contribution is 0.0439. The number of ether oxygens (including phenoxy) is 1. The highest BCUT2D eigenvalue weighted by Crippen LogP contribution is 2.44. The van der Waals surface area contributed by atoms with Crippen LogP contribution in [0.2, 0.25) is 0 Å². The lowest BCUT2D eigenvalue weighted by Crippen LogP contribution is -2.15. The van der Waals surface area contributed by atoms with Crippen molar-refractivity contribution in [1.82, 2.24) is 0 Å². The molecule has 1 saturated carbocycles. The molecule has 2 aromatic rings. The molecule has 0 aliphatic heterocycles. The summed E-state index contributed by atoms with van der Waals surface area (Å²) in [4.78, 5) is 13.5. The average Bonchev–Trinajstić information content (AvgIpc) is 3.45. The van der Waals surface area contributed by atoms with Gasteiger partial charge in [0.15, 0.2) is 0 Å². The predicted octanol–water partition coefficient (Wildman–Crippen LogP) is 6.37. The molecule has 1 fully saturated rings. The van der Waals surface area contributed by atoms with E-state index < -0.39 is 18.2 Å². The van der Waals surface area contributed by atoms with Crippen molar-refractivity contribution in [3.8, 4) is 0 Å². The summed E-state index contributed by atoms with van der Waals surface area (Å²) < 4.78 is 19.7. The highest BCUT2D eigenvalue weighted by atomic mass is 32.1. The van der Waals surface area contributed by atoms with Gasteiger partial charge in [0.1, 0.15) is 17.7 Å². The van der Waals surface area contributed by atoms with E-state index in [2.05, 4.69) is 19.1 Å². The zero-order valence-corrected chi connectivity index (χ0v) is 20.4. The minimum atomic E-state index is -0.776. The largest absolute Gasteiger partial charge is 0.459 e. The Kier molecular flexibility index (Phi) is 10.4. The molecule has 1 aliphatic carbocycles. The molecule has 1 heterocycles. The van der Waals surface area contributed by atoms with Crippen LogP contribution in [0.15, 0.2) is 36.4 Å². The molecule has 2 N–H and O–H groups in total. The number of alkyl halides is 1. The van der Waals surface area contributed by atoms with Gasteiger partial charge in [0, 0.05) is 4.88 Å². The van der Waals surface area contributed by atoms with E-state index in [1.54, 1.807) is 6.07 Å². The second kappa shape index (κ2) is 13.2. The van der Waals surface area contributed by atoms with E-state index in [0.29, 0.717) is 11.3 Å². The van der Waals surface area contributed by atoms with Gasteiger partial charge in [-0.05, 0) is 73.6 Å². The second-order valence-corrected chi connectivity index (χ2v) is 10.2. The molecule has 1 aromatic heterocycles. The van der Waals surface area contributed by atoms with E-state index in [1.807, 2.05) is 18.2 Å². The number of rotatable bonds is 13. The van der Waals surface area contributed by atoms with Crippen molar-refractivity contribution in [3.63, 3.8) is 0 Å². The van der Waals surface area contributed by atoms with Crippen LogP contribution in [0.4, 0.5) is 4.39 Å². The number of esters is 1. The number of carbonyl (C=O) groups excluding carboxylic acids is 1. The van der Waals surface area contributed by atoms with Crippen molar-refractivity contribution in [1.29, 1.82) is 0 Å². The number of aryl methyl sites for hydroxylation is 1. The third kappa shape index (κ3) is 7.36. The zero-order chi connectivity index (χ0) is 23.6. The van der Waals surface area contributed by atoms with E-state index in [9.17, 15) is 14.3 Å². The number of hydrogen-bond donors (Lipinski definition) is 2. The van der Waals surface area contributed by atoms with Gasteiger partial charge < -0.3 is 14.9 Å². The van der Waals surface area contributed by atoms with Gasteiger partial charge in [0.05, 0.1) is 12.7 Å². The summed E-state index contributed by atoms with van der Waals surface area (Å²) in [5, 5.41) is 19.2. The Morgan fingerprint density at radius 3 is 2.67 bits per heavy atom. The second-order valence-electron chi connectivity index (χ2n) is 9.06. The summed E-state index contributed by atoms with van der Waals surface area (Å²) in [6.07, 6.45) is 6.88. The van der Waals surface area contributed by atoms with Gasteiger partial charge in [-0.15, -0.1) is 11.3 Å². The topological polar surface area (TPSA) is 66.8 Å². The molecule has 4 nitrogen and oxygen atoms in total. The van der Waals surface area contributed by atoms with Crippen molar-refractivity contribution < 1.29 is 24.1 Å². The number of aliphatic hydroxyl groups is 2. The van der Waals surface area contributed by atoms with E-state index in [0.717, 1.165) is 61.8 Å². The Hall–Kier alpha value is -1.76. The molecule has 1 aliphatic rings. The molecule has 0 amide bonds. The van der Waals surface area contributed by atoms with Gasteiger partial charge in [0.25, 0.3) is 0 Å². The molecule has 1 unspecified atom stereocenters. The average molecular weight is 477 g/mol. The molecule has 0 spiro atoms. The maximum Gasteiger partial charge on any atom is 0.348 e. The van der Waals surface area contributed by atoms with Gasteiger partial charge in [-0.25, -0.2) is 9.18 Å². The molecular weight excluding hydrogens is 439 g/mol. The van der Waals surface area contributed by atoms with Crippen LogP contribution >= 0.6 is 11.3 Å². The molecule has 0 radical (unpaired) electrons. The summed E-state index contributed by atoms with van der Waals surface area (Å²) >= 11 is 1.41. The fourth-order valence-corrected chi connectivity index (χ4v) is 5.82. The first-order valence-electron chi connectivity index (χ1n) is 12.3. The fourth-order valence-electron chi connectivity index (χ4n) is 4.88. The van der Waals surface area contributed by atoms with Crippen LogP contribution in [0.25, 0.3) is 0 Å². The van der Waals surface area contributed by atoms with Crippen molar-refractivity contribution >= 4 is 17.3 Å². The summed E-state index contributed by atoms with van der Waals surface area (Å²) in [6.45, 7) is 1.98. The van der Waals surface area contributed by atoms with E-state index in [-0.39, 0.29) is 25.0 Å². The molecule has 1 aromatic carbocycles. The smallest absolute Gasteiger partial charge is 0.348 e. The van der Waals surface area contributed by atoms with Crippen LogP contribution < -0.4 is 0 Å². The minimum absolute atomic E-state index is 0.00577. The number of hydrogen-bond acceptors (Lipinski definition) is 5. The molecule has 0 bridgehead atoms. The van der Waals surface area contributed by atoms with E-state index in [1.165, 1.54) is 16.9 Å². The van der Waals surface area contributed by atoms with Gasteiger partial charge in [-0.2, -0.15) is 0 Å². The lowest BCUT2D eigenvalue weighted by Gasteiger charge is -2.22. The normalized spacial score (nSPS) is 21.3. The number of halogens is 1. The first-order valence-corrected chi connectivity index (χ1v) is 13.1. The predicted molar refractivity (Wildman–Crippen MR) is 131 cm³/mol. The van der Waals surface area contributed by atoms with Crippen LogP contribution in [0, 0.1) is 5.92 Å². The Balaban J connectivity index is 1.52. The molecule has 33 heavy (non-hydrogen) atoms. The Labute approximate surface area is 200 Å². The minimum Gasteiger partial charge on any atom is -0.459 e. The van der Waals surface area contributed by atoms with Crippen molar-refractivity contribution in [2.24, 2.45) is 5.92 Å². The summed E-state index contributed by atoms with van der Waals surface area (Å²) in [7, 11) is 0. The van der Waals surface area contributed by atoms with Gasteiger partial charge in [0.2, 0.25) is 0 Å². The maximum absolute atomic E-state index is 14.7. The zero-order valence-electron chi connectivity index (χ0n) is 19.5. The quantitative estimate of drug-likeness (QED) is 0.261. The van der Waals surface area contributed by atoms with E-state index >= 15 is 0 Å². The van der Waals surface area contributed by atoms with Crippen LogP contribution in [0.3, 0.4) is 0 Å². The number of thiophene rings is 1. The van der Waals surface area contributed by atoms with Crippen molar-refractivity contribution in [2.75, 3.05) is 13.2 Å². The first kappa shape index (κ1) is 25.9. The number of benzene rings is 1. The number of aliphatic hydroxyl groups excluding tert-OH is 2. The van der Waals surface area contributed by atoms with Crippen LogP contribution in [0.1, 0.15) is 96.0 Å². The third-order valence-electron chi connectivity index (χ3n) is 6.71. The molecule has 4 atom stereocenters. The summed E-state index contributed by atoms with van der Waals surface area (Å²) in [6, 6.07) is 11.9. The van der Waals surface area contributed by atoms with Gasteiger partial charge in [-0.1, -0.05) is 50.5 Å². The maximum atomic E-state index is 14.7. The first-order chi connectivity index (χ1) is 16.0. The fraction of sp³-hybridized carbons (Fsp3) is 0.593. The Morgan fingerprint density at radius 2 is 1.94 bits per heavy atom. The lowest BCUT2D eigenvalue weighted by atomic mass is 9.84. The molecule has 182 valence electrons. The Bertz CT molecular complexity index is 850. The van der Waals surface area contributed by atoms with E-state index in [4.69, 9.17) is 9.84 Å². The number of unbranched alkanes of at least 4 members (excludes halogenated alkanes) is 2. The SMILES string of the molecule is CCCCCC(O)c1ccc([C@H]2CC[C@@H](F)[C@@H]2CCCc2ccc(C(=O)OCCO)s2)cc1. The van der Waals surface area contributed by atoms with Crippen LogP contribution in [0.5, 0.6) is 0 Å². The standard InChI is InChI=1S/C27H37FO4S/c1-2-3-4-8-25(30)20-11-9-19(10-12-20)22-14-15-24(28)23(22)7-5-6-21-13-16-26(33-21)27(31)32-18-17-29/h9-13,16,22-25,29-30H,2-8,14-15,17-18H2,1H3/t22-,23-,24-,25?/m1/s1. The highest BCUT2D eigenvalue weighted by Gasteiger charge is 2.36. The van der Waals surface area contributed by atoms with Gasteiger partial charge >= 0.3 is 5.97 Å². The summed E-state index contributed by atoms with van der Waals surface area (Å²) in [5.41, 5.74) is 2.13. The highest BCUT2D eigenvalue weighted by molar-refractivity contribution is 7.13. The van der Waals surface area contributed by atoms with Crippen molar-refractivity contribution in [3.05, 3.63) is 57.3 Å². The van der Waals surface area contributed by atoms with Gasteiger partial charge in [-0.3, -0.25) is 0 Å². The monoisotopic (exact) mass is 476 g/mol. The third-order valence-corrected chi connectivity index (χ3v) is 7.84. The molecule has 6 heteroatoms. The molecule has 0 saturated heterocycles. The molecule has 3 rings (SSSR count).